The molecule has 0 radical (unpaired) electrons. The summed E-state index contributed by atoms with van der Waals surface area (Å²) >= 11 is 0. The van der Waals surface area contributed by atoms with Crippen molar-refractivity contribution in [3.05, 3.63) is 23.5 Å². The van der Waals surface area contributed by atoms with Gasteiger partial charge in [0.1, 0.15) is 11.3 Å². The summed E-state index contributed by atoms with van der Waals surface area (Å²) in [5, 5.41) is 10.4. The summed E-state index contributed by atoms with van der Waals surface area (Å²) in [5.41, 5.74) is -0.0204. The molecular weight excluding hydrogens is 302 g/mol. The largest absolute Gasteiger partial charge is 0.509 e. The number of amides is 1. The maximum Gasteiger partial charge on any atom is 0.261 e. The van der Waals surface area contributed by atoms with Gasteiger partial charge in [0.2, 0.25) is 0 Å². The Labute approximate surface area is 146 Å². The van der Waals surface area contributed by atoms with Crippen LogP contribution in [0.4, 0.5) is 0 Å². The summed E-state index contributed by atoms with van der Waals surface area (Å²) in [5.74, 6) is 0.652. The van der Waals surface area contributed by atoms with Crippen LogP contribution in [-0.4, -0.2) is 34.3 Å². The molecule has 0 bridgehead atoms. The highest BCUT2D eigenvalue weighted by atomic mass is 16.3. The SMILES string of the molecule is CC(=O)C1=C(O)[C@H](CC(C)C)N(CCC(C)C/C=C/C(C)C)C1=O. The zero-order chi connectivity index (χ0) is 18.4. The lowest BCUT2D eigenvalue weighted by Gasteiger charge is -2.27. The van der Waals surface area contributed by atoms with Crippen LogP contribution >= 0.6 is 0 Å². The van der Waals surface area contributed by atoms with Crippen LogP contribution in [0.15, 0.2) is 23.5 Å². The van der Waals surface area contributed by atoms with Gasteiger partial charge >= 0.3 is 0 Å². The van der Waals surface area contributed by atoms with Gasteiger partial charge in [-0.2, -0.15) is 0 Å². The van der Waals surface area contributed by atoms with Gasteiger partial charge in [-0.25, -0.2) is 0 Å². The summed E-state index contributed by atoms with van der Waals surface area (Å²) in [4.78, 5) is 25.9. The van der Waals surface area contributed by atoms with Gasteiger partial charge in [-0.05, 0) is 43.9 Å². The fourth-order valence-electron chi connectivity index (χ4n) is 3.04. The van der Waals surface area contributed by atoms with E-state index in [1.165, 1.54) is 6.92 Å². The smallest absolute Gasteiger partial charge is 0.261 e. The molecule has 2 atom stereocenters. The van der Waals surface area contributed by atoms with E-state index in [2.05, 4.69) is 46.8 Å². The minimum Gasteiger partial charge on any atom is -0.509 e. The number of allylic oxidation sites excluding steroid dienone is 2. The van der Waals surface area contributed by atoms with E-state index < -0.39 is 0 Å². The van der Waals surface area contributed by atoms with Crippen molar-refractivity contribution in [3.63, 3.8) is 0 Å². The molecule has 24 heavy (non-hydrogen) atoms. The number of carbonyl (C=O) groups is 2. The van der Waals surface area contributed by atoms with Crippen LogP contribution in [0.25, 0.3) is 0 Å². The quantitative estimate of drug-likeness (QED) is 0.505. The fraction of sp³-hybridized carbons (Fsp3) is 0.700. The van der Waals surface area contributed by atoms with E-state index >= 15 is 0 Å². The molecule has 1 rings (SSSR count). The number of aliphatic hydroxyl groups excluding tert-OH is 1. The number of carbonyl (C=O) groups excluding carboxylic acids is 2. The topological polar surface area (TPSA) is 57.6 Å². The van der Waals surface area contributed by atoms with Crippen molar-refractivity contribution in [2.75, 3.05) is 6.54 Å². The van der Waals surface area contributed by atoms with Crippen molar-refractivity contribution in [2.24, 2.45) is 17.8 Å². The van der Waals surface area contributed by atoms with Gasteiger partial charge in [0.05, 0.1) is 6.04 Å². The van der Waals surface area contributed by atoms with E-state index in [-0.39, 0.29) is 29.1 Å². The predicted molar refractivity (Wildman–Crippen MR) is 97.7 cm³/mol. The number of rotatable bonds is 9. The molecule has 1 amide bonds. The van der Waals surface area contributed by atoms with Gasteiger partial charge in [0.25, 0.3) is 5.91 Å². The first-order valence-corrected chi connectivity index (χ1v) is 9.06. The second-order valence-electron chi connectivity index (χ2n) is 7.76. The molecule has 0 aromatic rings. The number of hydrogen-bond donors (Lipinski definition) is 1. The Bertz CT molecular complexity index is 517. The molecule has 4 nitrogen and oxygen atoms in total. The van der Waals surface area contributed by atoms with Gasteiger partial charge < -0.3 is 10.0 Å². The third-order valence-electron chi connectivity index (χ3n) is 4.39. The lowest BCUT2D eigenvalue weighted by Crippen LogP contribution is -2.38. The highest BCUT2D eigenvalue weighted by molar-refractivity contribution is 6.20. The lowest BCUT2D eigenvalue weighted by molar-refractivity contribution is -0.129. The first-order chi connectivity index (χ1) is 11.1. The molecule has 1 N–H and O–H groups in total. The lowest BCUT2D eigenvalue weighted by atomic mass is 9.99. The highest BCUT2D eigenvalue weighted by Gasteiger charge is 2.41. The molecule has 0 aromatic heterocycles. The zero-order valence-electron chi connectivity index (χ0n) is 16.0. The van der Waals surface area contributed by atoms with Crippen molar-refractivity contribution >= 4 is 11.7 Å². The van der Waals surface area contributed by atoms with E-state index in [1.807, 2.05) is 0 Å². The number of ketones is 1. The molecule has 0 spiro atoms. The van der Waals surface area contributed by atoms with Crippen molar-refractivity contribution in [1.82, 2.24) is 4.90 Å². The fourth-order valence-corrected chi connectivity index (χ4v) is 3.04. The summed E-state index contributed by atoms with van der Waals surface area (Å²) in [6.07, 6.45) is 6.91. The van der Waals surface area contributed by atoms with E-state index in [0.29, 0.717) is 30.7 Å². The van der Waals surface area contributed by atoms with Crippen LogP contribution in [-0.2, 0) is 9.59 Å². The Balaban J connectivity index is 2.74. The van der Waals surface area contributed by atoms with Crippen molar-refractivity contribution in [3.8, 4) is 0 Å². The minimum absolute atomic E-state index is 0.0204. The molecule has 0 saturated carbocycles. The molecule has 1 unspecified atom stereocenters. The minimum atomic E-state index is -0.352. The Kier molecular flexibility index (Phi) is 7.71. The van der Waals surface area contributed by atoms with Gasteiger partial charge in [-0.3, -0.25) is 9.59 Å². The molecule has 0 aromatic carbocycles. The molecular formula is C20H33NO3. The van der Waals surface area contributed by atoms with E-state index in [4.69, 9.17) is 0 Å². The normalized spacial score (nSPS) is 20.1. The van der Waals surface area contributed by atoms with Gasteiger partial charge in [0, 0.05) is 6.54 Å². The van der Waals surface area contributed by atoms with E-state index in [1.54, 1.807) is 4.90 Å². The Morgan fingerprint density at radius 3 is 2.38 bits per heavy atom. The average molecular weight is 335 g/mol. The average Bonchev–Trinajstić information content (AvgIpc) is 2.67. The van der Waals surface area contributed by atoms with Gasteiger partial charge in [-0.15, -0.1) is 0 Å². The second-order valence-corrected chi connectivity index (χ2v) is 7.76. The van der Waals surface area contributed by atoms with Crippen LogP contribution in [0.2, 0.25) is 0 Å². The maximum absolute atomic E-state index is 12.5. The standard InChI is InChI=1S/C20H33NO3/c1-13(2)8-7-9-15(5)10-11-21-17(12-14(3)4)19(23)18(16(6)22)20(21)24/h7-8,13-15,17,23H,9-12H2,1-6H3/b8-7+/t15?,17-/m0/s1. The Morgan fingerprint density at radius 2 is 1.88 bits per heavy atom. The molecule has 1 aliphatic rings. The Morgan fingerprint density at radius 1 is 1.25 bits per heavy atom. The number of aliphatic hydroxyl groups is 1. The van der Waals surface area contributed by atoms with Crippen LogP contribution < -0.4 is 0 Å². The molecule has 1 aliphatic heterocycles. The van der Waals surface area contributed by atoms with E-state index in [9.17, 15) is 14.7 Å². The number of Topliss-reactive ketones (excluding diaryl/α,β-unsaturated/α-hetero) is 1. The van der Waals surface area contributed by atoms with Crippen molar-refractivity contribution in [2.45, 2.75) is 66.8 Å². The molecule has 4 heteroatoms. The zero-order valence-corrected chi connectivity index (χ0v) is 16.0. The monoisotopic (exact) mass is 335 g/mol. The van der Waals surface area contributed by atoms with Gasteiger partial charge in [-0.1, -0.05) is 46.8 Å². The van der Waals surface area contributed by atoms with Crippen molar-refractivity contribution in [1.29, 1.82) is 0 Å². The summed E-state index contributed by atoms with van der Waals surface area (Å²) in [7, 11) is 0. The van der Waals surface area contributed by atoms with Crippen LogP contribution in [0, 0.1) is 17.8 Å². The molecule has 0 saturated heterocycles. The first-order valence-electron chi connectivity index (χ1n) is 9.06. The number of hydrogen-bond acceptors (Lipinski definition) is 3. The van der Waals surface area contributed by atoms with Crippen LogP contribution in [0.1, 0.15) is 60.8 Å². The number of nitrogens with zero attached hydrogens (tertiary/aromatic N) is 1. The first kappa shape index (κ1) is 20.5. The summed E-state index contributed by atoms with van der Waals surface area (Å²) < 4.78 is 0. The molecule has 0 aliphatic carbocycles. The third-order valence-corrected chi connectivity index (χ3v) is 4.39. The van der Waals surface area contributed by atoms with Crippen molar-refractivity contribution < 1.29 is 14.7 Å². The molecule has 0 fully saturated rings. The molecule has 1 heterocycles. The van der Waals surface area contributed by atoms with Crippen LogP contribution in [0.3, 0.4) is 0 Å². The Hall–Kier alpha value is -1.58. The van der Waals surface area contributed by atoms with E-state index in [0.717, 1.165) is 12.8 Å². The maximum atomic E-state index is 12.5. The highest BCUT2D eigenvalue weighted by Crippen LogP contribution is 2.30. The third kappa shape index (κ3) is 5.50. The predicted octanol–water partition coefficient (Wildman–Crippen LogP) is 4.27. The van der Waals surface area contributed by atoms with Crippen LogP contribution in [0.5, 0.6) is 0 Å². The second kappa shape index (κ2) is 9.05. The summed E-state index contributed by atoms with van der Waals surface area (Å²) in [6, 6.07) is -0.352. The molecule has 136 valence electrons. The summed E-state index contributed by atoms with van der Waals surface area (Å²) in [6.45, 7) is 12.5. The van der Waals surface area contributed by atoms with Gasteiger partial charge in [0.15, 0.2) is 5.78 Å².